The monoisotopic (exact) mass is 383 g/mol. The molecule has 0 bridgehead atoms. The van der Waals surface area contributed by atoms with Crippen molar-refractivity contribution in [3.05, 3.63) is 64.2 Å². The van der Waals surface area contributed by atoms with Crippen LogP contribution >= 0.6 is 0 Å². The standard InChI is InChI=1S/C20H22FN5O2/c1-28-19-7-6-16(21)12-15(19)13-24-8-10-25(11-9-24)14-26-20(27)17-4-2-3-5-18(17)22-23-26/h2-7,12H,8-11,13-14H2,1H3. The van der Waals surface area contributed by atoms with Crippen LogP contribution in [0.5, 0.6) is 5.75 Å². The van der Waals surface area contributed by atoms with E-state index in [4.69, 9.17) is 4.74 Å². The van der Waals surface area contributed by atoms with Crippen molar-refractivity contribution in [1.29, 1.82) is 0 Å². The third-order valence-electron chi connectivity index (χ3n) is 5.06. The number of methoxy groups -OCH3 is 1. The average Bonchev–Trinajstić information content (AvgIpc) is 2.72. The molecular weight excluding hydrogens is 361 g/mol. The topological polar surface area (TPSA) is 63.5 Å². The van der Waals surface area contributed by atoms with Crippen molar-refractivity contribution in [3.63, 3.8) is 0 Å². The molecule has 1 fully saturated rings. The first kappa shape index (κ1) is 18.5. The lowest BCUT2D eigenvalue weighted by Crippen LogP contribution is -2.47. The maximum atomic E-state index is 13.6. The Labute approximate surface area is 161 Å². The molecule has 0 atom stereocenters. The van der Waals surface area contributed by atoms with E-state index in [1.54, 1.807) is 25.3 Å². The van der Waals surface area contributed by atoms with Gasteiger partial charge < -0.3 is 4.74 Å². The Bertz CT molecular complexity index is 1030. The molecule has 28 heavy (non-hydrogen) atoms. The molecule has 1 saturated heterocycles. The zero-order chi connectivity index (χ0) is 19.5. The molecule has 1 aliphatic rings. The summed E-state index contributed by atoms with van der Waals surface area (Å²) in [6.07, 6.45) is 0. The summed E-state index contributed by atoms with van der Waals surface area (Å²) < 4.78 is 20.3. The first-order chi connectivity index (χ1) is 13.6. The molecule has 3 aromatic rings. The van der Waals surface area contributed by atoms with Crippen molar-refractivity contribution in [2.24, 2.45) is 0 Å². The molecule has 8 heteroatoms. The number of piperazine rings is 1. The second-order valence-corrected chi connectivity index (χ2v) is 6.90. The Hall–Kier alpha value is -2.84. The maximum Gasteiger partial charge on any atom is 0.278 e. The third-order valence-corrected chi connectivity index (χ3v) is 5.06. The van der Waals surface area contributed by atoms with Crippen LogP contribution in [0.15, 0.2) is 47.3 Å². The minimum absolute atomic E-state index is 0.127. The van der Waals surface area contributed by atoms with Gasteiger partial charge in [0, 0.05) is 38.3 Å². The molecule has 0 radical (unpaired) electrons. The minimum atomic E-state index is -0.260. The predicted octanol–water partition coefficient (Wildman–Crippen LogP) is 1.71. The highest BCUT2D eigenvalue weighted by Crippen LogP contribution is 2.21. The Balaban J connectivity index is 1.39. The minimum Gasteiger partial charge on any atom is -0.496 e. The molecule has 0 amide bonds. The SMILES string of the molecule is COc1ccc(F)cc1CN1CCN(Cn2nnc3ccccc3c2=O)CC1. The summed E-state index contributed by atoms with van der Waals surface area (Å²) in [6.45, 7) is 4.25. The summed E-state index contributed by atoms with van der Waals surface area (Å²) in [5, 5.41) is 8.77. The first-order valence-corrected chi connectivity index (χ1v) is 9.24. The zero-order valence-electron chi connectivity index (χ0n) is 15.7. The molecule has 1 aromatic heterocycles. The van der Waals surface area contributed by atoms with E-state index in [0.29, 0.717) is 29.9 Å². The second kappa shape index (κ2) is 8.04. The van der Waals surface area contributed by atoms with Crippen LogP contribution in [-0.4, -0.2) is 58.1 Å². The van der Waals surface area contributed by atoms with Crippen molar-refractivity contribution in [2.45, 2.75) is 13.2 Å². The normalized spacial score (nSPS) is 15.8. The third kappa shape index (κ3) is 3.88. The lowest BCUT2D eigenvalue weighted by molar-refractivity contribution is 0.0955. The summed E-state index contributed by atoms with van der Waals surface area (Å²) in [4.78, 5) is 17.0. The number of aromatic nitrogens is 3. The van der Waals surface area contributed by atoms with Crippen LogP contribution in [-0.2, 0) is 13.2 Å². The van der Waals surface area contributed by atoms with Gasteiger partial charge in [-0.2, -0.15) is 4.68 Å². The van der Waals surface area contributed by atoms with E-state index >= 15 is 0 Å². The highest BCUT2D eigenvalue weighted by Gasteiger charge is 2.19. The van der Waals surface area contributed by atoms with Crippen molar-refractivity contribution < 1.29 is 9.13 Å². The number of fused-ring (bicyclic) bond motifs is 1. The van der Waals surface area contributed by atoms with E-state index in [0.717, 1.165) is 31.7 Å². The van der Waals surface area contributed by atoms with Gasteiger partial charge in [0.15, 0.2) is 0 Å². The largest absolute Gasteiger partial charge is 0.496 e. The summed E-state index contributed by atoms with van der Waals surface area (Å²) in [6, 6.07) is 11.8. The van der Waals surface area contributed by atoms with Crippen molar-refractivity contribution >= 4 is 10.9 Å². The highest BCUT2D eigenvalue weighted by atomic mass is 19.1. The van der Waals surface area contributed by atoms with Gasteiger partial charge in [-0.25, -0.2) is 4.39 Å². The van der Waals surface area contributed by atoms with Crippen LogP contribution in [0.25, 0.3) is 10.9 Å². The Kier molecular flexibility index (Phi) is 5.31. The van der Waals surface area contributed by atoms with Crippen molar-refractivity contribution in [3.8, 4) is 5.75 Å². The fourth-order valence-electron chi connectivity index (χ4n) is 3.51. The smallest absolute Gasteiger partial charge is 0.278 e. The van der Waals surface area contributed by atoms with Crippen LogP contribution in [0.2, 0.25) is 0 Å². The molecular formula is C20H22FN5O2. The quantitative estimate of drug-likeness (QED) is 0.669. The van der Waals surface area contributed by atoms with Crippen LogP contribution in [0.4, 0.5) is 4.39 Å². The molecule has 1 aliphatic heterocycles. The van der Waals surface area contributed by atoms with Gasteiger partial charge >= 0.3 is 0 Å². The number of rotatable bonds is 5. The van der Waals surface area contributed by atoms with Crippen molar-refractivity contribution in [1.82, 2.24) is 24.8 Å². The predicted molar refractivity (Wildman–Crippen MR) is 104 cm³/mol. The molecule has 2 heterocycles. The highest BCUT2D eigenvalue weighted by molar-refractivity contribution is 5.76. The number of benzene rings is 2. The van der Waals surface area contributed by atoms with Crippen molar-refractivity contribution in [2.75, 3.05) is 33.3 Å². The fraction of sp³-hybridized carbons (Fsp3) is 0.350. The van der Waals surface area contributed by atoms with Gasteiger partial charge in [0.05, 0.1) is 19.2 Å². The Morgan fingerprint density at radius 1 is 1.07 bits per heavy atom. The maximum absolute atomic E-state index is 13.6. The van der Waals surface area contributed by atoms with Crippen LogP contribution in [0.1, 0.15) is 5.56 Å². The first-order valence-electron chi connectivity index (χ1n) is 9.24. The number of hydrogen-bond donors (Lipinski definition) is 0. The lowest BCUT2D eigenvalue weighted by Gasteiger charge is -2.34. The Morgan fingerprint density at radius 2 is 1.82 bits per heavy atom. The van der Waals surface area contributed by atoms with Gasteiger partial charge in [0.2, 0.25) is 0 Å². The summed E-state index contributed by atoms with van der Waals surface area (Å²) in [5.41, 5.74) is 1.32. The van der Waals surface area contributed by atoms with Gasteiger partial charge in [-0.15, -0.1) is 5.10 Å². The van der Waals surface area contributed by atoms with E-state index in [1.165, 1.54) is 16.8 Å². The molecule has 2 aromatic carbocycles. The number of nitrogens with zero attached hydrogens (tertiary/aromatic N) is 5. The summed E-state index contributed by atoms with van der Waals surface area (Å²) in [7, 11) is 1.59. The molecule has 0 N–H and O–H groups in total. The van der Waals surface area contributed by atoms with Crippen LogP contribution in [0, 0.1) is 5.82 Å². The van der Waals surface area contributed by atoms with Gasteiger partial charge in [-0.1, -0.05) is 17.3 Å². The second-order valence-electron chi connectivity index (χ2n) is 6.90. The van der Waals surface area contributed by atoms with Gasteiger partial charge in [0.1, 0.15) is 17.1 Å². The average molecular weight is 383 g/mol. The number of halogens is 1. The van der Waals surface area contributed by atoms with E-state index in [-0.39, 0.29) is 11.4 Å². The molecule has 0 spiro atoms. The fourth-order valence-corrected chi connectivity index (χ4v) is 3.51. The van der Waals surface area contributed by atoms with E-state index in [9.17, 15) is 9.18 Å². The molecule has 7 nitrogen and oxygen atoms in total. The van der Waals surface area contributed by atoms with Gasteiger partial charge in [0.25, 0.3) is 5.56 Å². The lowest BCUT2D eigenvalue weighted by atomic mass is 10.1. The van der Waals surface area contributed by atoms with Gasteiger partial charge in [-0.05, 0) is 30.3 Å². The number of hydrogen-bond acceptors (Lipinski definition) is 6. The molecule has 0 aliphatic carbocycles. The van der Waals surface area contributed by atoms with E-state index in [1.807, 2.05) is 12.1 Å². The van der Waals surface area contributed by atoms with Crippen LogP contribution in [0.3, 0.4) is 0 Å². The summed E-state index contributed by atoms with van der Waals surface area (Å²) >= 11 is 0. The Morgan fingerprint density at radius 3 is 2.61 bits per heavy atom. The molecule has 0 unspecified atom stereocenters. The molecule has 146 valence electrons. The number of ether oxygens (including phenoxy) is 1. The molecule has 4 rings (SSSR count). The zero-order valence-corrected chi connectivity index (χ0v) is 15.7. The van der Waals surface area contributed by atoms with Gasteiger partial charge in [-0.3, -0.25) is 14.6 Å². The van der Waals surface area contributed by atoms with E-state index in [2.05, 4.69) is 20.1 Å². The van der Waals surface area contributed by atoms with Crippen LogP contribution < -0.4 is 10.3 Å². The van der Waals surface area contributed by atoms with E-state index < -0.39 is 0 Å². The molecule has 0 saturated carbocycles. The summed E-state index contributed by atoms with van der Waals surface area (Å²) in [5.74, 6) is 0.436.